The number of carbonyl (C=O) groups is 1. The molecule has 0 bridgehead atoms. The van der Waals surface area contributed by atoms with Crippen LogP contribution in [0.3, 0.4) is 0 Å². The van der Waals surface area contributed by atoms with Crippen LogP contribution >= 0.6 is 11.3 Å². The third-order valence-electron chi connectivity index (χ3n) is 5.33. The second-order valence-electron chi connectivity index (χ2n) is 7.38. The molecule has 1 atom stereocenters. The van der Waals surface area contributed by atoms with Crippen molar-refractivity contribution in [3.05, 3.63) is 107 Å². The van der Waals surface area contributed by atoms with Crippen molar-refractivity contribution >= 4 is 27.1 Å². The molecule has 168 valence electrons. The van der Waals surface area contributed by atoms with Crippen molar-refractivity contribution in [3.63, 3.8) is 0 Å². The first kappa shape index (κ1) is 22.8. The summed E-state index contributed by atoms with van der Waals surface area (Å²) in [6.07, 6.45) is 0. The van der Waals surface area contributed by atoms with Gasteiger partial charge in [0.25, 0.3) is 5.91 Å². The zero-order chi connectivity index (χ0) is 23.3. The molecule has 1 heterocycles. The lowest BCUT2D eigenvalue weighted by Crippen LogP contribution is -2.31. The number of amides is 1. The van der Waals surface area contributed by atoms with Crippen molar-refractivity contribution in [2.45, 2.75) is 10.1 Å². The normalized spacial score (nSPS) is 12.2. The number of hydrogen-bond acceptors (Lipinski definition) is 5. The van der Waals surface area contributed by atoms with Gasteiger partial charge in [0.1, 0.15) is 11.0 Å². The van der Waals surface area contributed by atoms with E-state index in [1.165, 1.54) is 30.6 Å². The van der Waals surface area contributed by atoms with Crippen LogP contribution in [0.4, 0.5) is 0 Å². The van der Waals surface area contributed by atoms with Crippen LogP contribution in [0.5, 0.6) is 5.75 Å². The Morgan fingerprint density at radius 2 is 1.55 bits per heavy atom. The van der Waals surface area contributed by atoms with E-state index < -0.39 is 15.1 Å². The van der Waals surface area contributed by atoms with Crippen molar-refractivity contribution in [2.75, 3.05) is 13.7 Å². The van der Waals surface area contributed by atoms with Crippen LogP contribution in [0.1, 0.15) is 20.5 Å². The molecule has 3 aromatic carbocycles. The summed E-state index contributed by atoms with van der Waals surface area (Å²) >= 11 is 1.35. The highest BCUT2D eigenvalue weighted by molar-refractivity contribution is 7.91. The van der Waals surface area contributed by atoms with Crippen LogP contribution in [0.25, 0.3) is 11.1 Å². The van der Waals surface area contributed by atoms with Gasteiger partial charge in [0.15, 0.2) is 9.84 Å². The Hall–Kier alpha value is -3.42. The first-order valence-electron chi connectivity index (χ1n) is 10.3. The third-order valence-corrected chi connectivity index (χ3v) is 8.56. The summed E-state index contributed by atoms with van der Waals surface area (Å²) in [4.78, 5) is 13.6. The molecule has 1 N–H and O–H groups in total. The lowest BCUT2D eigenvalue weighted by atomic mass is 10.0. The largest absolute Gasteiger partial charge is 0.497 e. The van der Waals surface area contributed by atoms with Crippen molar-refractivity contribution in [3.8, 4) is 16.9 Å². The Morgan fingerprint density at radius 1 is 0.879 bits per heavy atom. The second-order valence-corrected chi connectivity index (χ2v) is 10.5. The molecule has 1 amide bonds. The molecule has 0 aliphatic carbocycles. The van der Waals surface area contributed by atoms with Gasteiger partial charge in [-0.25, -0.2) is 8.42 Å². The van der Waals surface area contributed by atoms with Gasteiger partial charge in [0.05, 0.1) is 12.0 Å². The predicted molar refractivity (Wildman–Crippen MR) is 131 cm³/mol. The van der Waals surface area contributed by atoms with Gasteiger partial charge >= 0.3 is 0 Å². The van der Waals surface area contributed by atoms with E-state index in [1.54, 1.807) is 36.4 Å². The average Bonchev–Trinajstić information content (AvgIpc) is 3.39. The fourth-order valence-electron chi connectivity index (χ4n) is 3.50. The highest BCUT2D eigenvalue weighted by Gasteiger charge is 2.30. The van der Waals surface area contributed by atoms with Crippen molar-refractivity contribution in [1.29, 1.82) is 0 Å². The monoisotopic (exact) mass is 477 g/mol. The molecule has 7 heteroatoms. The second kappa shape index (κ2) is 10.0. The van der Waals surface area contributed by atoms with Crippen LogP contribution in [0.2, 0.25) is 0 Å². The predicted octanol–water partition coefficient (Wildman–Crippen LogP) is 5.37. The standard InChI is InChI=1S/C26H23NO4S2/c1-31-22-13-15-23(16-14-22)33(29,30)25(24-8-5-17-32-24)18-27-26(28)21-11-9-20(10-12-21)19-6-3-2-4-7-19/h2-17,25H,18H2,1H3,(H,27,28). The fourth-order valence-corrected chi connectivity index (χ4v) is 6.28. The molecule has 0 fully saturated rings. The number of benzene rings is 3. The van der Waals surface area contributed by atoms with Gasteiger partial charge in [-0.05, 0) is 59.0 Å². The third kappa shape index (κ3) is 5.16. The fraction of sp³-hybridized carbons (Fsp3) is 0.115. The summed E-state index contributed by atoms with van der Waals surface area (Å²) in [6, 6.07) is 27.0. The lowest BCUT2D eigenvalue weighted by molar-refractivity contribution is 0.0954. The summed E-state index contributed by atoms with van der Waals surface area (Å²) in [5, 5.41) is 3.75. The van der Waals surface area contributed by atoms with E-state index in [4.69, 9.17) is 4.74 Å². The molecule has 0 aliphatic heterocycles. The van der Waals surface area contributed by atoms with Gasteiger partial charge in [-0.1, -0.05) is 48.5 Å². The van der Waals surface area contributed by atoms with Crippen LogP contribution in [0.15, 0.2) is 101 Å². The number of nitrogens with one attached hydrogen (secondary N) is 1. The minimum atomic E-state index is -3.73. The van der Waals surface area contributed by atoms with Gasteiger partial charge in [-0.3, -0.25) is 4.79 Å². The molecule has 4 aromatic rings. The number of thiophene rings is 1. The molecular weight excluding hydrogens is 454 g/mol. The van der Waals surface area contributed by atoms with Gasteiger partial charge in [-0.2, -0.15) is 0 Å². The van der Waals surface area contributed by atoms with E-state index in [0.717, 1.165) is 11.1 Å². The molecule has 0 radical (unpaired) electrons. The van der Waals surface area contributed by atoms with Crippen LogP contribution < -0.4 is 10.1 Å². The zero-order valence-electron chi connectivity index (χ0n) is 18.0. The lowest BCUT2D eigenvalue weighted by Gasteiger charge is -2.18. The maximum absolute atomic E-state index is 13.4. The Morgan fingerprint density at radius 3 is 2.15 bits per heavy atom. The Kier molecular flexibility index (Phi) is 6.91. The molecule has 5 nitrogen and oxygen atoms in total. The zero-order valence-corrected chi connectivity index (χ0v) is 19.6. The molecular formula is C26H23NO4S2. The van der Waals surface area contributed by atoms with Crippen molar-refractivity contribution < 1.29 is 17.9 Å². The van der Waals surface area contributed by atoms with Gasteiger partial charge in [0, 0.05) is 17.0 Å². The minimum Gasteiger partial charge on any atom is -0.497 e. The van der Waals surface area contributed by atoms with Crippen LogP contribution in [-0.2, 0) is 9.84 Å². The summed E-state index contributed by atoms with van der Waals surface area (Å²) < 4.78 is 31.9. The molecule has 0 saturated carbocycles. The minimum absolute atomic E-state index is 0.0336. The Bertz CT molecular complexity index is 1300. The first-order valence-corrected chi connectivity index (χ1v) is 12.8. The maximum atomic E-state index is 13.4. The maximum Gasteiger partial charge on any atom is 0.251 e. The molecule has 33 heavy (non-hydrogen) atoms. The highest BCUT2D eigenvalue weighted by atomic mass is 32.2. The molecule has 4 rings (SSSR count). The number of sulfone groups is 1. The van der Waals surface area contributed by atoms with E-state index in [9.17, 15) is 13.2 Å². The summed E-state index contributed by atoms with van der Waals surface area (Å²) in [5.41, 5.74) is 2.54. The number of hydrogen-bond donors (Lipinski definition) is 1. The van der Waals surface area contributed by atoms with E-state index in [2.05, 4.69) is 5.32 Å². The Balaban J connectivity index is 1.52. The molecule has 0 aliphatic rings. The number of rotatable bonds is 8. The van der Waals surface area contributed by atoms with E-state index in [0.29, 0.717) is 16.2 Å². The van der Waals surface area contributed by atoms with Gasteiger partial charge in [0.2, 0.25) is 0 Å². The SMILES string of the molecule is COc1ccc(S(=O)(=O)C(CNC(=O)c2ccc(-c3ccccc3)cc2)c2cccs2)cc1. The molecule has 0 spiro atoms. The van der Waals surface area contributed by atoms with Crippen LogP contribution in [-0.4, -0.2) is 28.0 Å². The molecule has 1 aromatic heterocycles. The number of carbonyl (C=O) groups excluding carboxylic acids is 1. The Labute approximate surface area is 197 Å². The quantitative estimate of drug-likeness (QED) is 0.370. The molecule has 0 saturated heterocycles. The summed E-state index contributed by atoms with van der Waals surface area (Å²) in [7, 11) is -2.20. The van der Waals surface area contributed by atoms with Gasteiger partial charge < -0.3 is 10.1 Å². The van der Waals surface area contributed by atoms with E-state index in [1.807, 2.05) is 47.8 Å². The number of ether oxygens (including phenoxy) is 1. The highest BCUT2D eigenvalue weighted by Crippen LogP contribution is 2.32. The van der Waals surface area contributed by atoms with E-state index in [-0.39, 0.29) is 17.3 Å². The molecule has 1 unspecified atom stereocenters. The average molecular weight is 478 g/mol. The summed E-state index contributed by atoms with van der Waals surface area (Å²) in [5.74, 6) is 0.259. The smallest absolute Gasteiger partial charge is 0.251 e. The van der Waals surface area contributed by atoms with E-state index >= 15 is 0 Å². The van der Waals surface area contributed by atoms with Crippen LogP contribution in [0, 0.1) is 0 Å². The summed E-state index contributed by atoms with van der Waals surface area (Å²) in [6.45, 7) is -0.0336. The van der Waals surface area contributed by atoms with Crippen molar-refractivity contribution in [2.24, 2.45) is 0 Å². The number of methoxy groups -OCH3 is 1. The first-order chi connectivity index (χ1) is 16.0. The topological polar surface area (TPSA) is 72.5 Å². The van der Waals surface area contributed by atoms with Crippen molar-refractivity contribution in [1.82, 2.24) is 5.32 Å². The van der Waals surface area contributed by atoms with Gasteiger partial charge in [-0.15, -0.1) is 11.3 Å².